The molecule has 0 fully saturated rings. The van der Waals surface area contributed by atoms with Crippen LogP contribution in [0.2, 0.25) is 0 Å². The summed E-state index contributed by atoms with van der Waals surface area (Å²) >= 11 is 3.11. The number of hydrogen-bond donors (Lipinski definition) is 0. The van der Waals surface area contributed by atoms with E-state index in [1.165, 1.54) is 16.4 Å². The molecule has 6 heteroatoms. The number of hydrogen-bond acceptors (Lipinski definition) is 2. The minimum Gasteiger partial charge on any atom is -0.207 e. The molecule has 3 nitrogen and oxygen atoms in total. The predicted octanol–water partition coefficient (Wildman–Crippen LogP) is 3.40. The molecule has 0 bridgehead atoms. The van der Waals surface area contributed by atoms with E-state index >= 15 is 0 Å². The molecule has 0 aromatic heterocycles. The molecular weight excluding hydrogens is 321 g/mol. The maximum atomic E-state index is 13.8. The van der Waals surface area contributed by atoms with Crippen LogP contribution in [0.15, 0.2) is 27.6 Å². The van der Waals surface area contributed by atoms with Crippen molar-refractivity contribution in [2.45, 2.75) is 38.1 Å². The zero-order valence-electron chi connectivity index (χ0n) is 10.7. The van der Waals surface area contributed by atoms with Gasteiger partial charge in [-0.3, -0.25) is 0 Å². The summed E-state index contributed by atoms with van der Waals surface area (Å²) in [5, 5.41) is 0. The molecule has 0 saturated carbocycles. The van der Waals surface area contributed by atoms with E-state index in [0.717, 1.165) is 6.07 Å². The number of rotatable bonds is 5. The number of halogens is 2. The van der Waals surface area contributed by atoms with E-state index in [9.17, 15) is 12.8 Å². The highest BCUT2D eigenvalue weighted by Crippen LogP contribution is 2.24. The first-order valence-corrected chi connectivity index (χ1v) is 8.04. The van der Waals surface area contributed by atoms with Gasteiger partial charge in [-0.1, -0.05) is 29.8 Å². The first-order valence-electron chi connectivity index (χ1n) is 5.81. The Morgan fingerprint density at radius 3 is 2.44 bits per heavy atom. The largest absolute Gasteiger partial charge is 0.246 e. The van der Waals surface area contributed by atoms with Gasteiger partial charge in [0.2, 0.25) is 10.0 Å². The van der Waals surface area contributed by atoms with Gasteiger partial charge in [0.05, 0.1) is 0 Å². The van der Waals surface area contributed by atoms with E-state index < -0.39 is 15.8 Å². The van der Waals surface area contributed by atoms with Gasteiger partial charge in [-0.05, 0) is 31.5 Å². The molecule has 0 N–H and O–H groups in total. The third kappa shape index (κ3) is 3.10. The van der Waals surface area contributed by atoms with Gasteiger partial charge in [0.25, 0.3) is 0 Å². The monoisotopic (exact) mass is 337 g/mol. The van der Waals surface area contributed by atoms with Gasteiger partial charge in [-0.15, -0.1) is 0 Å². The minimum absolute atomic E-state index is 0.150. The highest BCUT2D eigenvalue weighted by molar-refractivity contribution is 9.10. The average Bonchev–Trinajstić information content (AvgIpc) is 2.28. The van der Waals surface area contributed by atoms with Crippen molar-refractivity contribution in [2.75, 3.05) is 6.54 Å². The van der Waals surface area contributed by atoms with Gasteiger partial charge >= 0.3 is 0 Å². The maximum Gasteiger partial charge on any atom is 0.246 e. The summed E-state index contributed by atoms with van der Waals surface area (Å²) in [7, 11) is -3.77. The maximum absolute atomic E-state index is 13.8. The topological polar surface area (TPSA) is 37.4 Å². The van der Waals surface area contributed by atoms with Crippen molar-refractivity contribution >= 4 is 26.0 Å². The molecule has 1 unspecified atom stereocenters. The van der Waals surface area contributed by atoms with Crippen molar-refractivity contribution in [3.63, 3.8) is 0 Å². The summed E-state index contributed by atoms with van der Waals surface area (Å²) in [4.78, 5) is -0.271. The van der Waals surface area contributed by atoms with Crippen LogP contribution < -0.4 is 0 Å². The highest BCUT2D eigenvalue weighted by atomic mass is 79.9. The van der Waals surface area contributed by atoms with Gasteiger partial charge in [0.15, 0.2) is 0 Å². The molecule has 1 aromatic rings. The third-order valence-electron chi connectivity index (χ3n) is 2.87. The van der Waals surface area contributed by atoms with Gasteiger partial charge in [0.1, 0.15) is 10.7 Å². The molecule has 1 rings (SSSR count). The molecule has 0 aliphatic carbocycles. The quantitative estimate of drug-likeness (QED) is 0.825. The fourth-order valence-electron chi connectivity index (χ4n) is 1.73. The summed E-state index contributed by atoms with van der Waals surface area (Å²) in [6.45, 7) is 5.80. The molecule has 0 amide bonds. The van der Waals surface area contributed by atoms with Gasteiger partial charge in [0, 0.05) is 17.1 Å². The summed E-state index contributed by atoms with van der Waals surface area (Å²) in [6.07, 6.45) is 0.686. The van der Waals surface area contributed by atoms with Crippen LogP contribution in [-0.4, -0.2) is 25.3 Å². The van der Waals surface area contributed by atoms with Crippen LogP contribution in [0.3, 0.4) is 0 Å². The summed E-state index contributed by atoms with van der Waals surface area (Å²) in [5.74, 6) is -0.730. The molecule has 1 atom stereocenters. The second-order valence-corrected chi connectivity index (χ2v) is 6.82. The van der Waals surface area contributed by atoms with Crippen LogP contribution >= 0.6 is 15.9 Å². The van der Waals surface area contributed by atoms with Crippen LogP contribution in [0.25, 0.3) is 0 Å². The zero-order chi connectivity index (χ0) is 13.9. The Kier molecular flexibility index (Phi) is 5.31. The highest BCUT2D eigenvalue weighted by Gasteiger charge is 2.29. The van der Waals surface area contributed by atoms with Gasteiger partial charge < -0.3 is 0 Å². The molecule has 1 aromatic carbocycles. The van der Waals surface area contributed by atoms with Crippen LogP contribution in [0.1, 0.15) is 27.2 Å². The summed E-state index contributed by atoms with van der Waals surface area (Å²) in [6, 6.07) is 3.83. The molecule has 0 aliphatic rings. The Hall–Kier alpha value is -0.460. The first-order chi connectivity index (χ1) is 8.34. The van der Waals surface area contributed by atoms with Crippen molar-refractivity contribution in [2.24, 2.45) is 0 Å². The minimum atomic E-state index is -3.77. The predicted molar refractivity (Wildman–Crippen MR) is 73.4 cm³/mol. The van der Waals surface area contributed by atoms with Crippen LogP contribution in [0.4, 0.5) is 4.39 Å². The van der Waals surface area contributed by atoms with E-state index in [1.807, 2.05) is 13.8 Å². The Balaban J connectivity index is 3.27. The molecule has 18 heavy (non-hydrogen) atoms. The van der Waals surface area contributed by atoms with E-state index in [0.29, 0.717) is 17.4 Å². The summed E-state index contributed by atoms with van der Waals surface area (Å²) in [5.41, 5.74) is 0. The van der Waals surface area contributed by atoms with Crippen molar-refractivity contribution in [1.29, 1.82) is 0 Å². The van der Waals surface area contributed by atoms with Crippen molar-refractivity contribution in [3.05, 3.63) is 28.5 Å². The fraction of sp³-hybridized carbons (Fsp3) is 0.500. The molecule has 102 valence electrons. The van der Waals surface area contributed by atoms with Gasteiger partial charge in [-0.2, -0.15) is 4.31 Å². The number of benzene rings is 1. The molecule has 0 spiro atoms. The van der Waals surface area contributed by atoms with Crippen LogP contribution in [0, 0.1) is 5.82 Å². The molecule has 0 radical (unpaired) electrons. The number of nitrogens with zero attached hydrogens (tertiary/aromatic N) is 1. The van der Waals surface area contributed by atoms with E-state index in [-0.39, 0.29) is 10.9 Å². The van der Waals surface area contributed by atoms with Crippen molar-refractivity contribution < 1.29 is 12.8 Å². The Bertz CT molecular complexity index is 519. The summed E-state index contributed by atoms with van der Waals surface area (Å²) < 4.78 is 40.3. The van der Waals surface area contributed by atoms with Crippen LogP contribution in [-0.2, 0) is 10.0 Å². The lowest BCUT2D eigenvalue weighted by Crippen LogP contribution is -2.38. The lowest BCUT2D eigenvalue weighted by atomic mass is 10.3. The average molecular weight is 338 g/mol. The van der Waals surface area contributed by atoms with E-state index in [2.05, 4.69) is 15.9 Å². The van der Waals surface area contributed by atoms with Crippen LogP contribution in [0.5, 0.6) is 0 Å². The van der Waals surface area contributed by atoms with E-state index in [4.69, 9.17) is 0 Å². The molecule has 0 saturated heterocycles. The Morgan fingerprint density at radius 1 is 1.39 bits per heavy atom. The third-order valence-corrected chi connectivity index (χ3v) is 5.49. The molecule has 0 aliphatic heterocycles. The Morgan fingerprint density at radius 2 is 2.00 bits per heavy atom. The van der Waals surface area contributed by atoms with Crippen molar-refractivity contribution in [1.82, 2.24) is 4.31 Å². The second kappa shape index (κ2) is 6.12. The molecular formula is C12H17BrFNO2S. The zero-order valence-corrected chi connectivity index (χ0v) is 13.1. The first kappa shape index (κ1) is 15.6. The smallest absolute Gasteiger partial charge is 0.207 e. The SMILES string of the molecule is CCC(C)N(CC)S(=O)(=O)c1ccc(Br)cc1F. The molecule has 0 heterocycles. The van der Waals surface area contributed by atoms with E-state index in [1.54, 1.807) is 6.92 Å². The lowest BCUT2D eigenvalue weighted by molar-refractivity contribution is 0.341. The Labute approximate surface area is 116 Å². The van der Waals surface area contributed by atoms with Crippen molar-refractivity contribution in [3.8, 4) is 0 Å². The second-order valence-electron chi connectivity index (χ2n) is 4.04. The van der Waals surface area contributed by atoms with Gasteiger partial charge in [-0.25, -0.2) is 12.8 Å². The normalized spacial score (nSPS) is 13.9. The standard InChI is InChI=1S/C12H17BrFNO2S/c1-4-9(3)15(5-2)18(16,17)12-7-6-10(13)8-11(12)14/h6-9H,4-5H2,1-3H3. The lowest BCUT2D eigenvalue weighted by Gasteiger charge is -2.26. The number of sulfonamides is 1. The fourth-order valence-corrected chi connectivity index (χ4v) is 3.83.